The second kappa shape index (κ2) is 45.6. The van der Waals surface area contributed by atoms with E-state index in [1.54, 1.807) is 124 Å². The number of phenolic OH excluding ortho intramolecular Hbond substituents is 1. The molecule has 0 bridgehead atoms. The Morgan fingerprint density at radius 3 is 1.33 bits per heavy atom. The maximum absolute atomic E-state index is 15.5. The van der Waals surface area contributed by atoms with Crippen LogP contribution in [-0.4, -0.2) is 231 Å². The summed E-state index contributed by atoms with van der Waals surface area (Å²) in [4.78, 5) is 226. The number of hydrogen-bond donors (Lipinski definition) is 16. The summed E-state index contributed by atoms with van der Waals surface area (Å²) in [5.74, 6) is -18.7. The number of unbranched alkanes of at least 4 members (excludes halogenated alkanes) is 1. The van der Waals surface area contributed by atoms with Gasteiger partial charge in [0.05, 0.1) is 6.61 Å². The third-order valence-corrected chi connectivity index (χ3v) is 22.0. The number of fused-ring (bicyclic) bond motifs is 3. The van der Waals surface area contributed by atoms with Crippen LogP contribution < -0.4 is 69.1 Å². The van der Waals surface area contributed by atoms with Crippen LogP contribution in [0.15, 0.2) is 85.1 Å². The molecule has 3 saturated heterocycles. The average Bonchev–Trinajstić information content (AvgIpc) is 1.64. The third kappa shape index (κ3) is 27.7. The Labute approximate surface area is 709 Å². The molecular formula is C86H123F3N16O17. The summed E-state index contributed by atoms with van der Waals surface area (Å²) in [6.07, 6.45) is -3.50. The molecule has 7 rings (SSSR count). The number of phenols is 1. The highest BCUT2D eigenvalue weighted by Crippen LogP contribution is 2.29. The van der Waals surface area contributed by atoms with Gasteiger partial charge in [0.2, 0.25) is 82.7 Å². The molecule has 122 heavy (non-hydrogen) atoms. The highest BCUT2D eigenvalue weighted by atomic mass is 19.4. The van der Waals surface area contributed by atoms with Gasteiger partial charge in [0, 0.05) is 56.0 Å². The molecule has 3 aromatic carbocycles. The molecule has 670 valence electrons. The number of aromatic hydroxyl groups is 1. The zero-order valence-corrected chi connectivity index (χ0v) is 71.7. The monoisotopic (exact) mass is 1710 g/mol. The number of carbonyl (C=O) groups excluding carboxylic acids is 15. The predicted molar refractivity (Wildman–Crippen MR) is 445 cm³/mol. The minimum Gasteiger partial charge on any atom is -0.508 e. The maximum atomic E-state index is 15.5. The molecule has 0 spiro atoms. The minimum atomic E-state index is -5.22. The average molecular weight is 1710 g/mol. The van der Waals surface area contributed by atoms with Crippen LogP contribution >= 0.6 is 0 Å². The predicted octanol–water partition coefficient (Wildman–Crippen LogP) is 2.68. The molecule has 14 atom stereocenters. The normalized spacial score (nSPS) is 25.4. The van der Waals surface area contributed by atoms with Crippen molar-refractivity contribution in [3.8, 4) is 5.75 Å². The second-order valence-corrected chi connectivity index (χ2v) is 33.9. The minimum absolute atomic E-state index is 0.0346. The lowest BCUT2D eigenvalue weighted by atomic mass is 9.97. The molecule has 3 fully saturated rings. The van der Waals surface area contributed by atoms with Gasteiger partial charge >= 0.3 is 12.1 Å². The van der Waals surface area contributed by atoms with E-state index < -0.39 is 222 Å². The summed E-state index contributed by atoms with van der Waals surface area (Å²) >= 11 is 0. The fourth-order valence-corrected chi connectivity index (χ4v) is 15.1. The lowest BCUT2D eigenvalue weighted by molar-refractivity contribution is -0.173. The topological polar surface area (TPSA) is 475 Å². The zero-order chi connectivity index (χ0) is 90.1. The first-order valence-electron chi connectivity index (χ1n) is 42.2. The molecule has 4 heterocycles. The summed E-state index contributed by atoms with van der Waals surface area (Å²) in [5.41, 5.74) is 2.28. The molecule has 1 unspecified atom stereocenters. The largest absolute Gasteiger partial charge is 0.508 e. The fraction of sp³-hybridized carbons (Fsp3) is 0.593. The number of nitrogens with zero attached hydrogens (tertiary/aromatic N) is 2. The highest BCUT2D eigenvalue weighted by Gasteiger charge is 2.47. The van der Waals surface area contributed by atoms with Crippen molar-refractivity contribution in [1.29, 1.82) is 0 Å². The number of alkyl halides is 3. The Bertz CT molecular complexity index is 4310. The van der Waals surface area contributed by atoms with Gasteiger partial charge in [-0.25, -0.2) is 0 Å². The molecule has 4 aromatic rings. The van der Waals surface area contributed by atoms with Crippen LogP contribution in [-0.2, 0) is 91.2 Å². The van der Waals surface area contributed by atoms with Crippen molar-refractivity contribution >= 4 is 99.5 Å². The number of nitrogens with one attached hydrogen (secondary N) is 14. The first-order chi connectivity index (χ1) is 57.6. The number of carbonyl (C=O) groups is 15. The van der Waals surface area contributed by atoms with Crippen LogP contribution in [0.25, 0.3) is 10.9 Å². The molecule has 0 aliphatic carbocycles. The van der Waals surface area contributed by atoms with Crippen LogP contribution in [0.5, 0.6) is 5.75 Å². The van der Waals surface area contributed by atoms with Crippen LogP contribution in [0.1, 0.15) is 171 Å². The SMILES string of the molecule is CCC[C@@H]1NC(=O)[C@@H](C(C)C)NC(=O)[C@H](C(C)C)NC(=O)[C@H](Cc2ccc(O)cc2)NC(=O)[C@H](Cc2ccccc2)NC(=O)[C@H](C(C)C)NC(=O)[C@H](C(C)C)NC(=O)[C@H](CCCCNC(=O)C(F)(F)F)NC(=O)[C@H](C(C)C)NC(=O)[C@H](CO)NC(=O)[C@H](CC(C)C)NC(=O)[C@@H]2CCCN2C(=O)C2CCCN2C(=O)[C@H](Cc2c[nH]c3ccccc23)NC1=O. The van der Waals surface area contributed by atoms with Gasteiger partial charge in [0.15, 0.2) is 0 Å². The van der Waals surface area contributed by atoms with Crippen molar-refractivity contribution in [2.24, 2.45) is 35.5 Å². The Balaban J connectivity index is 1.28. The second-order valence-electron chi connectivity index (χ2n) is 33.9. The van der Waals surface area contributed by atoms with Gasteiger partial charge in [0.25, 0.3) is 0 Å². The van der Waals surface area contributed by atoms with Crippen LogP contribution in [0.3, 0.4) is 0 Å². The number of rotatable bonds is 21. The standard InChI is InChI=1S/C86H123F3N16O17/c1-14-24-57-71(108)97-62(42-53-43-91-56-28-19-18-27-55(53)56)83(120)105-38-23-31-65(105)84(121)104-37-22-30-64(104)77(114)95-59(39-45(2)3)73(110)98-63(44-106)76(113)101-66(46(4)5)78(115)93-58(29-20-21-36-90-85(122)86(87,88)89)72(109)99-69(49(10)11)81(118)103-68(48(8)9)80(117)96-60(40-51-25-16-15-17-26-51)74(111)94-61(41-52-32-34-54(107)35-33-52)75(112)100-70(50(12)13)82(119)102-67(47(6)7)79(116)92-57/h15-19,25-28,32-35,43,45-50,57-70,91,106-107H,14,20-24,29-31,36-42,44H2,1-13H3,(H,90,122)(H,92,116)(H,93,115)(H,94,111)(H,95,114)(H,96,117)(H,97,108)(H,98,110)(H,99,109)(H,100,112)(H,101,113)(H,102,119)(H,103,118)/t57-,58-,59-,60-,61-,62-,63-,64-,65?,66-,67+,68-,69-,70-/m0/s1. The lowest BCUT2D eigenvalue weighted by Crippen LogP contribution is -2.63. The van der Waals surface area contributed by atoms with Crippen molar-refractivity contribution in [1.82, 2.24) is 83.9 Å². The Morgan fingerprint density at radius 1 is 0.434 bits per heavy atom. The van der Waals surface area contributed by atoms with Crippen molar-refractivity contribution in [2.75, 3.05) is 26.2 Å². The number of aromatic nitrogens is 1. The van der Waals surface area contributed by atoms with E-state index in [0.29, 0.717) is 36.0 Å². The molecule has 0 radical (unpaired) electrons. The molecule has 3 aliphatic rings. The third-order valence-electron chi connectivity index (χ3n) is 22.0. The molecule has 36 heteroatoms. The first kappa shape index (κ1) is 97.9. The maximum Gasteiger partial charge on any atom is 0.471 e. The molecule has 16 N–H and O–H groups in total. The van der Waals surface area contributed by atoms with Crippen molar-refractivity contribution in [2.45, 2.75) is 264 Å². The number of para-hydroxylation sites is 1. The van der Waals surface area contributed by atoms with E-state index in [2.05, 4.69) is 68.8 Å². The van der Waals surface area contributed by atoms with Crippen molar-refractivity contribution in [3.05, 3.63) is 102 Å². The summed E-state index contributed by atoms with van der Waals surface area (Å²) in [6.45, 7) is 19.6. The zero-order valence-electron chi connectivity index (χ0n) is 71.7. The Hall–Kier alpha value is -11.2. The van der Waals surface area contributed by atoms with Crippen molar-refractivity contribution < 1.29 is 95.3 Å². The number of amides is 15. The number of halogens is 3. The Kier molecular flexibility index (Phi) is 36.6. The molecule has 1 aromatic heterocycles. The smallest absolute Gasteiger partial charge is 0.471 e. The molecular weight excluding hydrogens is 1590 g/mol. The first-order valence-corrected chi connectivity index (χ1v) is 42.2. The van der Waals surface area contributed by atoms with E-state index in [0.717, 1.165) is 10.9 Å². The van der Waals surface area contributed by atoms with E-state index in [1.807, 2.05) is 18.2 Å². The Morgan fingerprint density at radius 2 is 0.828 bits per heavy atom. The van der Waals surface area contributed by atoms with E-state index in [4.69, 9.17) is 0 Å². The number of aliphatic hydroxyl groups excluding tert-OH is 1. The number of aliphatic hydroxyl groups is 1. The van der Waals surface area contributed by atoms with Gasteiger partial charge in [-0.15, -0.1) is 0 Å². The summed E-state index contributed by atoms with van der Waals surface area (Å²) < 4.78 is 39.7. The van der Waals surface area contributed by atoms with Crippen LogP contribution in [0, 0.1) is 35.5 Å². The van der Waals surface area contributed by atoms with E-state index >= 15 is 24.0 Å². The van der Waals surface area contributed by atoms with E-state index in [-0.39, 0.29) is 89.0 Å². The number of benzene rings is 3. The molecule has 3 aliphatic heterocycles. The van der Waals surface area contributed by atoms with Gasteiger partial charge in [-0.05, 0) is 128 Å². The van der Waals surface area contributed by atoms with Gasteiger partial charge in [-0.3, -0.25) is 71.9 Å². The van der Waals surface area contributed by atoms with Crippen LogP contribution in [0.4, 0.5) is 13.2 Å². The van der Waals surface area contributed by atoms with E-state index in [1.165, 1.54) is 47.9 Å². The van der Waals surface area contributed by atoms with Gasteiger partial charge in [0.1, 0.15) is 90.3 Å². The summed E-state index contributed by atoms with van der Waals surface area (Å²) in [7, 11) is 0. The number of H-pyrrole nitrogens is 1. The number of aromatic amines is 1. The van der Waals surface area contributed by atoms with Gasteiger partial charge < -0.3 is 94.1 Å². The summed E-state index contributed by atoms with van der Waals surface area (Å²) in [5, 5.41) is 56.0. The molecule has 33 nitrogen and oxygen atoms in total. The van der Waals surface area contributed by atoms with Gasteiger partial charge in [-0.1, -0.05) is 157 Å². The quantitative estimate of drug-likeness (QED) is 0.0533. The molecule has 15 amide bonds. The highest BCUT2D eigenvalue weighted by molar-refractivity contribution is 6.02. The number of hydrogen-bond acceptors (Lipinski definition) is 17. The fourth-order valence-electron chi connectivity index (χ4n) is 15.1. The summed E-state index contributed by atoms with van der Waals surface area (Å²) in [6, 6.07) is 1.09. The van der Waals surface area contributed by atoms with Gasteiger partial charge in [-0.2, -0.15) is 13.2 Å². The lowest BCUT2D eigenvalue weighted by Gasteiger charge is -2.34. The van der Waals surface area contributed by atoms with Crippen LogP contribution in [0.2, 0.25) is 0 Å². The van der Waals surface area contributed by atoms with E-state index in [9.17, 15) is 71.3 Å². The van der Waals surface area contributed by atoms with Crippen molar-refractivity contribution in [3.63, 3.8) is 0 Å². The molecule has 0 saturated carbocycles.